The number of rotatable bonds is 7. The predicted octanol–water partition coefficient (Wildman–Crippen LogP) is 3.01. The van der Waals surface area contributed by atoms with Gasteiger partial charge in [-0.25, -0.2) is 9.97 Å². The third-order valence-electron chi connectivity index (χ3n) is 5.87. The number of hydrogen-bond donors (Lipinski definition) is 1. The monoisotopic (exact) mass is 438 g/mol. The first kappa shape index (κ1) is 21.5. The van der Waals surface area contributed by atoms with Gasteiger partial charge >= 0.3 is 0 Å². The first-order chi connectivity index (χ1) is 15.0. The summed E-state index contributed by atoms with van der Waals surface area (Å²) in [5.74, 6) is 0.933. The summed E-state index contributed by atoms with van der Waals surface area (Å²) in [6.45, 7) is 7.44. The number of nitrogens with one attached hydrogen (secondary N) is 1. The molecule has 0 atom stereocenters. The Labute approximate surface area is 187 Å². The highest BCUT2D eigenvalue weighted by molar-refractivity contribution is 7.20. The van der Waals surface area contributed by atoms with Gasteiger partial charge in [0.2, 0.25) is 0 Å². The van der Waals surface area contributed by atoms with E-state index in [0.29, 0.717) is 6.54 Å². The second kappa shape index (κ2) is 9.62. The molecule has 7 nitrogen and oxygen atoms in total. The second-order valence-electron chi connectivity index (χ2n) is 8.09. The Balaban J connectivity index is 1.40. The summed E-state index contributed by atoms with van der Waals surface area (Å²) >= 11 is 1.46. The van der Waals surface area contributed by atoms with Crippen LogP contribution in [0.1, 0.15) is 21.7 Å². The lowest BCUT2D eigenvalue weighted by atomic mass is 10.1. The van der Waals surface area contributed by atoms with E-state index in [9.17, 15) is 4.79 Å². The van der Waals surface area contributed by atoms with E-state index in [0.717, 1.165) is 65.6 Å². The van der Waals surface area contributed by atoms with Gasteiger partial charge in [0.15, 0.2) is 0 Å². The number of piperazine rings is 1. The van der Waals surface area contributed by atoms with Crippen molar-refractivity contribution in [3.8, 4) is 0 Å². The average molecular weight is 439 g/mol. The summed E-state index contributed by atoms with van der Waals surface area (Å²) in [7, 11) is 4.22. The van der Waals surface area contributed by atoms with Crippen LogP contribution in [0.2, 0.25) is 0 Å². The molecular weight excluding hydrogens is 408 g/mol. The summed E-state index contributed by atoms with van der Waals surface area (Å²) in [5.41, 5.74) is 2.16. The van der Waals surface area contributed by atoms with Crippen LogP contribution < -0.4 is 15.1 Å². The Morgan fingerprint density at radius 3 is 2.65 bits per heavy atom. The van der Waals surface area contributed by atoms with Gasteiger partial charge in [0, 0.05) is 52.0 Å². The zero-order valence-electron chi connectivity index (χ0n) is 18.5. The van der Waals surface area contributed by atoms with Crippen molar-refractivity contribution in [3.63, 3.8) is 0 Å². The van der Waals surface area contributed by atoms with E-state index in [1.54, 1.807) is 6.33 Å². The van der Waals surface area contributed by atoms with E-state index in [4.69, 9.17) is 0 Å². The fourth-order valence-electron chi connectivity index (χ4n) is 3.94. The van der Waals surface area contributed by atoms with E-state index in [-0.39, 0.29) is 5.91 Å². The van der Waals surface area contributed by atoms with Gasteiger partial charge in [-0.3, -0.25) is 4.79 Å². The van der Waals surface area contributed by atoms with Crippen LogP contribution in [0.5, 0.6) is 0 Å². The van der Waals surface area contributed by atoms with Crippen LogP contribution >= 0.6 is 11.3 Å². The summed E-state index contributed by atoms with van der Waals surface area (Å²) in [4.78, 5) is 30.4. The minimum atomic E-state index is -0.0211. The molecule has 164 valence electrons. The molecule has 3 aromatic rings. The van der Waals surface area contributed by atoms with Crippen molar-refractivity contribution in [1.29, 1.82) is 0 Å². The van der Waals surface area contributed by atoms with Crippen LogP contribution in [0, 0.1) is 6.92 Å². The molecule has 0 spiro atoms. The van der Waals surface area contributed by atoms with Gasteiger partial charge in [0.05, 0.1) is 10.3 Å². The highest BCUT2D eigenvalue weighted by atomic mass is 32.1. The van der Waals surface area contributed by atoms with Crippen LogP contribution in [0.4, 0.5) is 11.5 Å². The molecule has 1 N–H and O–H groups in total. The number of thiophene rings is 1. The Bertz CT molecular complexity index is 1030. The number of aromatic nitrogens is 2. The number of fused-ring (bicyclic) bond motifs is 1. The Kier molecular flexibility index (Phi) is 6.67. The summed E-state index contributed by atoms with van der Waals surface area (Å²) < 4.78 is 0. The zero-order valence-corrected chi connectivity index (χ0v) is 19.3. The largest absolute Gasteiger partial charge is 0.375 e. The van der Waals surface area contributed by atoms with Gasteiger partial charge in [-0.05, 0) is 38.1 Å². The summed E-state index contributed by atoms with van der Waals surface area (Å²) in [6, 6.07) is 10.3. The number of para-hydroxylation sites is 1. The fraction of sp³-hybridized carbons (Fsp3) is 0.435. The normalized spacial score (nSPS) is 14.7. The molecule has 1 aromatic carbocycles. The maximum absolute atomic E-state index is 12.9. The smallest absolute Gasteiger partial charge is 0.261 e. The van der Waals surface area contributed by atoms with Crippen LogP contribution in [-0.4, -0.2) is 74.1 Å². The van der Waals surface area contributed by atoms with Gasteiger partial charge in [-0.15, -0.1) is 11.3 Å². The molecule has 1 amide bonds. The molecule has 1 saturated heterocycles. The van der Waals surface area contributed by atoms with Crippen LogP contribution in [0.3, 0.4) is 0 Å². The third kappa shape index (κ3) is 4.80. The molecule has 0 saturated carbocycles. The van der Waals surface area contributed by atoms with Gasteiger partial charge < -0.3 is 20.0 Å². The molecule has 4 rings (SSSR count). The lowest BCUT2D eigenvalue weighted by Gasteiger charge is -2.33. The van der Waals surface area contributed by atoms with Crippen LogP contribution in [-0.2, 0) is 0 Å². The number of hydrogen-bond acceptors (Lipinski definition) is 7. The van der Waals surface area contributed by atoms with E-state index >= 15 is 0 Å². The number of nitrogens with zero attached hydrogens (tertiary/aromatic N) is 5. The fourth-order valence-corrected chi connectivity index (χ4v) is 5.00. The molecule has 0 radical (unpaired) electrons. The van der Waals surface area contributed by atoms with Crippen molar-refractivity contribution in [1.82, 2.24) is 20.2 Å². The van der Waals surface area contributed by atoms with Crippen LogP contribution in [0.15, 0.2) is 36.7 Å². The standard InChI is InChI=1S/C23H30N6OS/c1-17-19-21(29-14-12-27(2)13-15-29)25-16-26-23(19)31-20(17)22(30)24-10-7-11-28(3)18-8-5-4-6-9-18/h4-6,8-9,16H,7,10-15H2,1-3H3,(H,24,30). The first-order valence-electron chi connectivity index (χ1n) is 10.8. The number of aryl methyl sites for hydroxylation is 1. The SMILES string of the molecule is Cc1c(C(=O)NCCCN(C)c2ccccc2)sc2ncnc(N3CCN(C)CC3)c12. The molecule has 0 bridgehead atoms. The molecule has 0 aliphatic carbocycles. The Morgan fingerprint density at radius 1 is 1.16 bits per heavy atom. The van der Waals surface area contributed by atoms with E-state index < -0.39 is 0 Å². The molecule has 0 unspecified atom stereocenters. The average Bonchev–Trinajstić information content (AvgIpc) is 3.14. The van der Waals surface area contributed by atoms with Crippen molar-refractivity contribution in [2.45, 2.75) is 13.3 Å². The second-order valence-corrected chi connectivity index (χ2v) is 9.09. The molecule has 8 heteroatoms. The number of benzene rings is 1. The topological polar surface area (TPSA) is 64.6 Å². The van der Waals surface area contributed by atoms with Crippen LogP contribution in [0.25, 0.3) is 10.2 Å². The van der Waals surface area contributed by atoms with E-state index in [1.165, 1.54) is 17.0 Å². The number of likely N-dealkylation sites (N-methyl/N-ethyl adjacent to an activating group) is 1. The number of anilines is 2. The minimum Gasteiger partial charge on any atom is -0.375 e. The van der Waals surface area contributed by atoms with Gasteiger partial charge in [-0.2, -0.15) is 0 Å². The maximum Gasteiger partial charge on any atom is 0.261 e. The van der Waals surface area contributed by atoms with Crippen molar-refractivity contribution in [2.75, 3.05) is 63.2 Å². The molecular formula is C23H30N6OS. The van der Waals surface area contributed by atoms with Crippen molar-refractivity contribution in [2.24, 2.45) is 0 Å². The van der Waals surface area contributed by atoms with Crippen molar-refractivity contribution >= 4 is 39.0 Å². The van der Waals surface area contributed by atoms with Crippen molar-refractivity contribution < 1.29 is 4.79 Å². The summed E-state index contributed by atoms with van der Waals surface area (Å²) in [6.07, 6.45) is 2.50. The van der Waals surface area contributed by atoms with Crippen molar-refractivity contribution in [3.05, 3.63) is 47.1 Å². The van der Waals surface area contributed by atoms with Gasteiger partial charge in [0.1, 0.15) is 17.0 Å². The molecule has 2 aromatic heterocycles. The lowest BCUT2D eigenvalue weighted by Crippen LogP contribution is -2.44. The van der Waals surface area contributed by atoms with Gasteiger partial charge in [0.25, 0.3) is 5.91 Å². The molecule has 1 aliphatic rings. The predicted molar refractivity (Wildman–Crippen MR) is 129 cm³/mol. The number of carbonyl (C=O) groups is 1. The molecule has 31 heavy (non-hydrogen) atoms. The first-order valence-corrected chi connectivity index (χ1v) is 11.6. The highest BCUT2D eigenvalue weighted by Crippen LogP contribution is 2.35. The molecule has 1 aliphatic heterocycles. The minimum absolute atomic E-state index is 0.0211. The Hall–Kier alpha value is -2.71. The Morgan fingerprint density at radius 2 is 1.90 bits per heavy atom. The summed E-state index contributed by atoms with van der Waals surface area (Å²) in [5, 5.41) is 4.11. The zero-order chi connectivity index (χ0) is 21.8. The molecule has 1 fully saturated rings. The van der Waals surface area contributed by atoms with E-state index in [1.807, 2.05) is 25.1 Å². The highest BCUT2D eigenvalue weighted by Gasteiger charge is 2.23. The number of carbonyl (C=O) groups excluding carboxylic acids is 1. The maximum atomic E-state index is 12.9. The quantitative estimate of drug-likeness (QED) is 0.572. The van der Waals surface area contributed by atoms with E-state index in [2.05, 4.69) is 56.2 Å². The number of amides is 1. The third-order valence-corrected chi connectivity index (χ3v) is 7.07. The van der Waals surface area contributed by atoms with Gasteiger partial charge in [-0.1, -0.05) is 18.2 Å². The molecule has 3 heterocycles. The lowest BCUT2D eigenvalue weighted by molar-refractivity contribution is 0.0957.